The van der Waals surface area contributed by atoms with E-state index in [0.717, 1.165) is 17.0 Å². The van der Waals surface area contributed by atoms with Crippen LogP contribution in [0.4, 0.5) is 5.82 Å². The minimum absolute atomic E-state index is 0.183. The fourth-order valence-corrected chi connectivity index (χ4v) is 1.69. The summed E-state index contributed by atoms with van der Waals surface area (Å²) in [7, 11) is 0. The van der Waals surface area contributed by atoms with Gasteiger partial charge in [0, 0.05) is 24.5 Å². The van der Waals surface area contributed by atoms with Gasteiger partial charge in [0.15, 0.2) is 5.82 Å². The third-order valence-electron chi connectivity index (χ3n) is 2.97. The van der Waals surface area contributed by atoms with E-state index in [1.165, 1.54) is 0 Å². The van der Waals surface area contributed by atoms with E-state index in [4.69, 9.17) is 5.73 Å². The molecule has 0 bridgehead atoms. The topological polar surface area (TPSA) is 68.2 Å². The first-order chi connectivity index (χ1) is 8.43. The zero-order chi connectivity index (χ0) is 13.3. The molecule has 0 saturated heterocycles. The lowest BCUT2D eigenvalue weighted by Crippen LogP contribution is -2.39. The number of fused-ring (bicyclic) bond motifs is 1. The number of hydrogen-bond acceptors (Lipinski definition) is 4. The highest BCUT2D eigenvalue weighted by Crippen LogP contribution is 2.21. The van der Waals surface area contributed by atoms with Crippen LogP contribution in [0, 0.1) is 0 Å². The zero-order valence-electron chi connectivity index (χ0n) is 11.4. The van der Waals surface area contributed by atoms with Crippen LogP contribution in [-0.2, 0) is 0 Å². The highest BCUT2D eigenvalue weighted by molar-refractivity contribution is 5.68. The molecule has 2 rings (SSSR count). The molecule has 0 aliphatic heterocycles. The summed E-state index contributed by atoms with van der Waals surface area (Å²) in [4.78, 5) is 4.39. The summed E-state index contributed by atoms with van der Waals surface area (Å²) in [5.74, 6) is 1.23. The van der Waals surface area contributed by atoms with Crippen molar-refractivity contribution in [3.05, 3.63) is 24.2 Å². The van der Waals surface area contributed by atoms with Gasteiger partial charge in [-0.05, 0) is 25.8 Å². The molecule has 2 aromatic rings. The van der Waals surface area contributed by atoms with Crippen molar-refractivity contribution >= 4 is 11.3 Å². The largest absolute Gasteiger partial charge is 0.362 e. The van der Waals surface area contributed by atoms with Crippen LogP contribution in [0.3, 0.4) is 0 Å². The number of rotatable bonds is 4. The Bertz CT molecular complexity index is 541. The fourth-order valence-electron chi connectivity index (χ4n) is 1.69. The lowest BCUT2D eigenvalue weighted by atomic mass is 10.1. The van der Waals surface area contributed by atoms with Crippen LogP contribution in [-0.4, -0.2) is 26.7 Å². The summed E-state index contributed by atoms with van der Waals surface area (Å²) in [6.07, 6.45) is 3.61. The van der Waals surface area contributed by atoms with Gasteiger partial charge in [-0.3, -0.25) is 0 Å². The second-order valence-electron chi connectivity index (χ2n) is 5.54. The molecule has 5 nitrogen and oxygen atoms in total. The molecular weight excluding hydrogens is 226 g/mol. The van der Waals surface area contributed by atoms with Crippen LogP contribution in [0.15, 0.2) is 18.5 Å². The summed E-state index contributed by atoms with van der Waals surface area (Å²) in [6, 6.07) is 2.08. The minimum Gasteiger partial charge on any atom is -0.362 e. The third-order valence-corrected chi connectivity index (χ3v) is 2.97. The van der Waals surface area contributed by atoms with Gasteiger partial charge in [0.25, 0.3) is 0 Å². The van der Waals surface area contributed by atoms with Gasteiger partial charge >= 0.3 is 0 Å². The van der Waals surface area contributed by atoms with Crippen LogP contribution in [0.25, 0.3) is 5.52 Å². The van der Waals surface area contributed by atoms with E-state index in [2.05, 4.69) is 49.2 Å². The molecule has 0 radical (unpaired) electrons. The van der Waals surface area contributed by atoms with Crippen LogP contribution >= 0.6 is 0 Å². The predicted molar refractivity (Wildman–Crippen MR) is 73.8 cm³/mol. The smallest absolute Gasteiger partial charge is 0.152 e. The fraction of sp³-hybridized carbons (Fsp3) is 0.538. The number of aromatic nitrogens is 3. The highest BCUT2D eigenvalue weighted by Gasteiger charge is 2.18. The maximum atomic E-state index is 5.74. The Morgan fingerprint density at radius 3 is 2.78 bits per heavy atom. The van der Waals surface area contributed by atoms with Gasteiger partial charge in [-0.25, -0.2) is 9.50 Å². The molecule has 0 unspecified atom stereocenters. The van der Waals surface area contributed by atoms with Crippen molar-refractivity contribution < 1.29 is 0 Å². The molecule has 98 valence electrons. The second kappa shape index (κ2) is 4.57. The average Bonchev–Trinajstić information content (AvgIpc) is 2.74. The first kappa shape index (κ1) is 12.8. The number of nitrogens with one attached hydrogen (secondary N) is 1. The van der Waals surface area contributed by atoms with E-state index >= 15 is 0 Å². The lowest BCUT2D eigenvalue weighted by molar-refractivity contribution is 0.577. The van der Waals surface area contributed by atoms with Crippen LogP contribution in [0.5, 0.6) is 0 Å². The van der Waals surface area contributed by atoms with E-state index in [9.17, 15) is 0 Å². The predicted octanol–water partition coefficient (Wildman–Crippen LogP) is 2.00. The van der Waals surface area contributed by atoms with Crippen molar-refractivity contribution in [3.8, 4) is 0 Å². The maximum Gasteiger partial charge on any atom is 0.152 e. The molecule has 18 heavy (non-hydrogen) atoms. The Morgan fingerprint density at radius 1 is 1.44 bits per heavy atom. The standard InChI is InChI=1S/C13H21N5/c1-9(2)10-7-11-12(16-13(3,4)8-14)15-5-6-18(11)17-10/h5-7,9H,8,14H2,1-4H3,(H,15,16). The van der Waals surface area contributed by atoms with Gasteiger partial charge in [-0.2, -0.15) is 5.10 Å². The Hall–Kier alpha value is -1.62. The van der Waals surface area contributed by atoms with Gasteiger partial charge in [-0.1, -0.05) is 13.8 Å². The molecule has 3 N–H and O–H groups in total. The number of nitrogens with two attached hydrogens (primary N) is 1. The molecule has 5 heteroatoms. The molecular formula is C13H21N5. The van der Waals surface area contributed by atoms with E-state index in [1.54, 1.807) is 6.20 Å². The molecule has 0 aromatic carbocycles. The molecule has 0 amide bonds. The van der Waals surface area contributed by atoms with Crippen LogP contribution < -0.4 is 11.1 Å². The number of nitrogens with zero attached hydrogens (tertiary/aromatic N) is 3. The van der Waals surface area contributed by atoms with Crippen molar-refractivity contribution in [1.82, 2.24) is 14.6 Å². The first-order valence-corrected chi connectivity index (χ1v) is 6.25. The Balaban J connectivity index is 2.45. The molecule has 2 aromatic heterocycles. The molecule has 0 saturated carbocycles. The van der Waals surface area contributed by atoms with Crippen LogP contribution in [0.1, 0.15) is 39.3 Å². The normalized spacial score (nSPS) is 12.3. The molecule has 0 aliphatic rings. The lowest BCUT2D eigenvalue weighted by Gasteiger charge is -2.25. The molecule has 2 heterocycles. The Morgan fingerprint density at radius 2 is 2.17 bits per heavy atom. The summed E-state index contributed by atoms with van der Waals surface area (Å²) in [5, 5.41) is 7.90. The van der Waals surface area contributed by atoms with E-state index in [0.29, 0.717) is 12.5 Å². The number of hydrogen-bond donors (Lipinski definition) is 2. The van der Waals surface area contributed by atoms with E-state index in [1.807, 2.05) is 10.7 Å². The Kier molecular flexibility index (Phi) is 3.26. The quantitative estimate of drug-likeness (QED) is 0.867. The van der Waals surface area contributed by atoms with E-state index in [-0.39, 0.29) is 5.54 Å². The van der Waals surface area contributed by atoms with Crippen molar-refractivity contribution in [3.63, 3.8) is 0 Å². The van der Waals surface area contributed by atoms with Crippen molar-refractivity contribution in [1.29, 1.82) is 0 Å². The molecule has 0 fully saturated rings. The third kappa shape index (κ3) is 2.46. The van der Waals surface area contributed by atoms with Crippen molar-refractivity contribution in [2.75, 3.05) is 11.9 Å². The maximum absolute atomic E-state index is 5.74. The highest BCUT2D eigenvalue weighted by atomic mass is 15.2. The molecule has 0 spiro atoms. The summed E-state index contributed by atoms with van der Waals surface area (Å²) in [6.45, 7) is 8.91. The van der Waals surface area contributed by atoms with Gasteiger partial charge in [0.2, 0.25) is 0 Å². The van der Waals surface area contributed by atoms with Crippen molar-refractivity contribution in [2.24, 2.45) is 5.73 Å². The number of anilines is 1. The minimum atomic E-state index is -0.183. The van der Waals surface area contributed by atoms with Gasteiger partial charge < -0.3 is 11.1 Å². The molecule has 0 aliphatic carbocycles. The summed E-state index contributed by atoms with van der Waals surface area (Å²) >= 11 is 0. The first-order valence-electron chi connectivity index (χ1n) is 6.25. The SMILES string of the molecule is CC(C)c1cc2c(NC(C)(C)CN)nccn2n1. The Labute approximate surface area is 107 Å². The van der Waals surface area contributed by atoms with Crippen molar-refractivity contribution in [2.45, 2.75) is 39.2 Å². The summed E-state index contributed by atoms with van der Waals surface area (Å²) < 4.78 is 1.86. The monoisotopic (exact) mass is 247 g/mol. The van der Waals surface area contributed by atoms with Gasteiger partial charge in [0.1, 0.15) is 5.52 Å². The second-order valence-corrected chi connectivity index (χ2v) is 5.54. The van der Waals surface area contributed by atoms with E-state index < -0.39 is 0 Å². The molecule has 0 atom stereocenters. The van der Waals surface area contributed by atoms with Gasteiger partial charge in [-0.15, -0.1) is 0 Å². The van der Waals surface area contributed by atoms with Gasteiger partial charge in [0.05, 0.1) is 5.69 Å². The average molecular weight is 247 g/mol. The summed E-state index contributed by atoms with van der Waals surface area (Å²) in [5.41, 5.74) is 7.61. The van der Waals surface area contributed by atoms with Crippen LogP contribution in [0.2, 0.25) is 0 Å². The zero-order valence-corrected chi connectivity index (χ0v) is 11.4.